The fraction of sp³-hybridized carbons (Fsp3) is 0.767. The van der Waals surface area contributed by atoms with Crippen molar-refractivity contribution in [2.45, 2.75) is 118 Å². The minimum Gasteiger partial charge on any atom is -0.478 e. The molecule has 0 radical (unpaired) electrons. The number of hydrogen-bond acceptors (Lipinski definition) is 6. The van der Waals surface area contributed by atoms with Gasteiger partial charge < -0.3 is 15.7 Å². The molecule has 290 valence electrons. The lowest BCUT2D eigenvalue weighted by atomic mass is 9.33. The molecule has 1 aliphatic heterocycles. The van der Waals surface area contributed by atoms with Crippen LogP contribution in [0.1, 0.15) is 122 Å². The van der Waals surface area contributed by atoms with Crippen molar-refractivity contribution in [1.82, 2.24) is 15.5 Å². The number of amides is 1. The Bertz CT molecular complexity index is 1570. The maximum Gasteiger partial charge on any atom is 0.335 e. The number of nitrogens with one attached hydrogen (secondary N) is 2. The number of nitrogens with zero attached hydrogens (tertiary/aromatic N) is 1. The molecule has 7 rings (SSSR count). The first-order valence-electron chi connectivity index (χ1n) is 20.4. The number of fused-ring (bicyclic) bond motifs is 7. The zero-order valence-electron chi connectivity index (χ0n) is 33.0. The summed E-state index contributed by atoms with van der Waals surface area (Å²) in [6.45, 7) is 20.2. The van der Waals surface area contributed by atoms with Gasteiger partial charge in [-0.1, -0.05) is 52.8 Å². The van der Waals surface area contributed by atoms with Crippen molar-refractivity contribution < 1.29 is 23.8 Å². The Hall–Kier alpha value is -1.91. The van der Waals surface area contributed by atoms with E-state index in [0.29, 0.717) is 46.7 Å². The molecule has 0 aromatic heterocycles. The predicted octanol–water partition coefficient (Wildman–Crippen LogP) is 8.39. The first-order valence-corrected chi connectivity index (χ1v) is 22.3. The molecular formula is C43H67N3O5S. The second-order valence-electron chi connectivity index (χ2n) is 19.4. The zero-order chi connectivity index (χ0) is 37.5. The van der Waals surface area contributed by atoms with Crippen molar-refractivity contribution in [1.29, 1.82) is 0 Å². The molecule has 1 aromatic rings. The number of carboxylic acid groups (broad SMARTS) is 1. The summed E-state index contributed by atoms with van der Waals surface area (Å²) in [6, 6.07) is 7.70. The standard InChI is InChI=1S/C43H67N3O5S/c1-28(45-29(2)47)32-14-19-43(44-22-23-46-24-26-52(50,51)27-25-46)21-20-41(6)34(37(32)43)12-13-36-40(5)17-15-33(30-8-10-31(11-9-30)38(48)49)39(3,4)35(40)16-18-42(36,41)7/h8-11,15,28,32,34-37,44,50-51H,12-14,16-27H2,1-7H3,(H,45,47)(H,48,49)/t28?,32-,34+,35-,36+,37+,40-,41+,42+,43-/m0/s1. The van der Waals surface area contributed by atoms with Crippen LogP contribution in [0.5, 0.6) is 0 Å². The number of aromatic carboxylic acids is 1. The minimum atomic E-state index is -2.40. The Morgan fingerprint density at radius 2 is 1.60 bits per heavy atom. The van der Waals surface area contributed by atoms with Gasteiger partial charge >= 0.3 is 5.97 Å². The highest BCUT2D eigenvalue weighted by Crippen LogP contribution is 2.76. The lowest BCUT2D eigenvalue weighted by Gasteiger charge is -2.72. The number of hydrogen-bond donors (Lipinski definition) is 5. The molecular weight excluding hydrogens is 671 g/mol. The maximum atomic E-state index is 12.4. The van der Waals surface area contributed by atoms with E-state index in [2.05, 4.69) is 63.2 Å². The number of carbonyl (C=O) groups excluding carboxylic acids is 1. The number of carbonyl (C=O) groups is 2. The number of benzene rings is 1. The Balaban J connectivity index is 1.16. The summed E-state index contributed by atoms with van der Waals surface area (Å²) in [4.78, 5) is 26.4. The highest BCUT2D eigenvalue weighted by molar-refractivity contribution is 8.24. The van der Waals surface area contributed by atoms with Crippen molar-refractivity contribution >= 4 is 28.0 Å². The average molecular weight is 738 g/mol. The normalized spacial score (nSPS) is 42.0. The Morgan fingerprint density at radius 3 is 2.25 bits per heavy atom. The van der Waals surface area contributed by atoms with E-state index in [1.807, 2.05) is 12.1 Å². The van der Waals surface area contributed by atoms with Crippen molar-refractivity contribution in [3.63, 3.8) is 0 Å². The van der Waals surface area contributed by atoms with Gasteiger partial charge in [0.05, 0.1) is 17.1 Å². The maximum absolute atomic E-state index is 12.4. The highest BCUT2D eigenvalue weighted by atomic mass is 32.3. The van der Waals surface area contributed by atoms with Crippen LogP contribution in [0.25, 0.3) is 5.57 Å². The third-order valence-electron chi connectivity index (χ3n) is 17.0. The third kappa shape index (κ3) is 6.11. The van der Waals surface area contributed by atoms with E-state index < -0.39 is 16.6 Å². The summed E-state index contributed by atoms with van der Waals surface area (Å²) in [6.07, 6.45) is 13.3. The van der Waals surface area contributed by atoms with Crippen molar-refractivity contribution in [2.75, 3.05) is 37.7 Å². The van der Waals surface area contributed by atoms with E-state index >= 15 is 0 Å². The van der Waals surface area contributed by atoms with Crippen molar-refractivity contribution in [2.24, 2.45) is 51.2 Å². The van der Waals surface area contributed by atoms with E-state index in [1.165, 1.54) is 44.1 Å². The lowest BCUT2D eigenvalue weighted by molar-refractivity contribution is -0.221. The largest absolute Gasteiger partial charge is 0.478 e. The van der Waals surface area contributed by atoms with E-state index in [-0.39, 0.29) is 39.1 Å². The van der Waals surface area contributed by atoms with Crippen LogP contribution >= 0.6 is 10.6 Å². The molecule has 10 atom stereocenters. The first kappa shape index (κ1) is 38.4. The van der Waals surface area contributed by atoms with Gasteiger partial charge in [-0.3, -0.25) is 18.8 Å². The summed E-state index contributed by atoms with van der Waals surface area (Å²) in [5.41, 5.74) is 3.56. The summed E-state index contributed by atoms with van der Waals surface area (Å²) >= 11 is 0. The van der Waals surface area contributed by atoms with Crippen molar-refractivity contribution in [3.05, 3.63) is 41.5 Å². The van der Waals surface area contributed by atoms with E-state index in [4.69, 9.17) is 0 Å². The van der Waals surface area contributed by atoms with Gasteiger partial charge in [0.2, 0.25) is 5.91 Å². The molecule has 1 aromatic carbocycles. The molecule has 5 aliphatic carbocycles. The SMILES string of the molecule is CC(=O)NC(C)[C@@H]1CC[C@]2(NCCN3CCS(O)(O)CC3)CC[C@]3(C)[C@H](CC[C@@H]4[C@@]5(C)CC=C(c6ccc(C(=O)O)cc6)C(C)(C)[C@@H]5CC[C@]43C)[C@@H]12. The first-order chi connectivity index (χ1) is 24.4. The predicted molar refractivity (Wildman–Crippen MR) is 212 cm³/mol. The van der Waals surface area contributed by atoms with Crippen LogP contribution in [0.2, 0.25) is 0 Å². The highest BCUT2D eigenvalue weighted by Gasteiger charge is 2.70. The van der Waals surface area contributed by atoms with E-state index in [9.17, 15) is 23.8 Å². The fourth-order valence-electron chi connectivity index (χ4n) is 14.3. The van der Waals surface area contributed by atoms with Crippen LogP contribution in [0, 0.1) is 51.2 Å². The molecule has 1 amide bonds. The second kappa shape index (κ2) is 13.4. The number of rotatable bonds is 8. The minimum absolute atomic E-state index is 0.0156. The van der Waals surface area contributed by atoms with Gasteiger partial charge in [-0.05, 0) is 139 Å². The van der Waals surface area contributed by atoms with Gasteiger partial charge in [0.15, 0.2) is 0 Å². The Labute approximate surface area is 314 Å². The van der Waals surface area contributed by atoms with Gasteiger partial charge in [-0.2, -0.15) is 10.6 Å². The van der Waals surface area contributed by atoms with Crippen LogP contribution in [0.4, 0.5) is 0 Å². The van der Waals surface area contributed by atoms with Crippen LogP contribution < -0.4 is 10.6 Å². The summed E-state index contributed by atoms with van der Waals surface area (Å²) in [5.74, 6) is 2.91. The topological polar surface area (TPSA) is 122 Å². The van der Waals surface area contributed by atoms with Gasteiger partial charge in [0.1, 0.15) is 0 Å². The zero-order valence-corrected chi connectivity index (χ0v) is 33.8. The molecule has 1 unspecified atom stereocenters. The van der Waals surface area contributed by atoms with Crippen LogP contribution in [-0.4, -0.2) is 80.3 Å². The number of allylic oxidation sites excluding steroid dienone is 2. The molecule has 52 heavy (non-hydrogen) atoms. The summed E-state index contributed by atoms with van der Waals surface area (Å²) < 4.78 is 20.3. The van der Waals surface area contributed by atoms with E-state index in [1.54, 1.807) is 19.1 Å². The fourth-order valence-corrected chi connectivity index (χ4v) is 15.6. The monoisotopic (exact) mass is 737 g/mol. The summed E-state index contributed by atoms with van der Waals surface area (Å²) in [7, 11) is -2.40. The van der Waals surface area contributed by atoms with Crippen molar-refractivity contribution in [3.8, 4) is 0 Å². The van der Waals surface area contributed by atoms with Crippen LogP contribution in [0.3, 0.4) is 0 Å². The lowest BCUT2D eigenvalue weighted by Crippen LogP contribution is -2.68. The van der Waals surface area contributed by atoms with Crippen LogP contribution in [0.15, 0.2) is 30.3 Å². The molecule has 0 spiro atoms. The second-order valence-corrected chi connectivity index (χ2v) is 21.9. The van der Waals surface area contributed by atoms with Gasteiger partial charge in [0.25, 0.3) is 0 Å². The third-order valence-corrected chi connectivity index (χ3v) is 18.6. The quantitative estimate of drug-likeness (QED) is 0.182. The van der Waals surface area contributed by atoms with Gasteiger partial charge in [-0.15, -0.1) is 0 Å². The Kier molecular flexibility index (Phi) is 9.88. The van der Waals surface area contributed by atoms with Gasteiger partial charge in [-0.25, -0.2) is 4.79 Å². The molecule has 9 heteroatoms. The smallest absolute Gasteiger partial charge is 0.335 e. The molecule has 5 fully saturated rings. The average Bonchev–Trinajstić information content (AvgIpc) is 3.45. The number of carboxylic acids is 1. The molecule has 5 N–H and O–H groups in total. The molecule has 4 saturated carbocycles. The van der Waals surface area contributed by atoms with Crippen LogP contribution in [-0.2, 0) is 4.79 Å². The van der Waals surface area contributed by atoms with E-state index in [0.717, 1.165) is 51.0 Å². The Morgan fingerprint density at radius 1 is 0.904 bits per heavy atom. The molecule has 6 aliphatic rings. The molecule has 1 heterocycles. The molecule has 8 nitrogen and oxygen atoms in total. The van der Waals surface area contributed by atoms with Gasteiger partial charge in [0, 0.05) is 44.7 Å². The molecule has 0 bridgehead atoms. The molecule has 1 saturated heterocycles. The summed E-state index contributed by atoms with van der Waals surface area (Å²) in [5, 5.41) is 17.1.